The zero-order valence-electron chi connectivity index (χ0n) is 13.1. The molecule has 1 heterocycles. The average Bonchev–Trinajstić information content (AvgIpc) is 2.59. The number of esters is 1. The van der Waals surface area contributed by atoms with Crippen molar-refractivity contribution in [2.24, 2.45) is 5.92 Å². The van der Waals surface area contributed by atoms with Gasteiger partial charge in [-0.05, 0) is 25.0 Å². The highest BCUT2D eigenvalue weighted by molar-refractivity contribution is 5.95. The van der Waals surface area contributed by atoms with E-state index in [9.17, 15) is 9.59 Å². The maximum absolute atomic E-state index is 12.6. The molecule has 1 aliphatic rings. The van der Waals surface area contributed by atoms with Gasteiger partial charge in [0.05, 0.1) is 27.2 Å². The Kier molecular flexibility index (Phi) is 5.25. The molecule has 6 heteroatoms. The van der Waals surface area contributed by atoms with Gasteiger partial charge >= 0.3 is 5.97 Å². The summed E-state index contributed by atoms with van der Waals surface area (Å²) < 4.78 is 15.1. The van der Waals surface area contributed by atoms with Gasteiger partial charge in [-0.15, -0.1) is 0 Å². The summed E-state index contributed by atoms with van der Waals surface area (Å²) in [5.74, 6) is 0.754. The monoisotopic (exact) mass is 307 g/mol. The zero-order chi connectivity index (χ0) is 16.1. The minimum absolute atomic E-state index is 0.0829. The number of piperidine rings is 1. The average molecular weight is 307 g/mol. The molecule has 6 nitrogen and oxygen atoms in total. The van der Waals surface area contributed by atoms with Crippen LogP contribution in [0.1, 0.15) is 23.2 Å². The van der Waals surface area contributed by atoms with E-state index in [1.807, 2.05) is 0 Å². The minimum atomic E-state index is -0.199. The fraction of sp³-hybridized carbons (Fsp3) is 0.500. The molecule has 0 radical (unpaired) electrons. The van der Waals surface area contributed by atoms with Crippen LogP contribution in [-0.4, -0.2) is 51.2 Å². The van der Waals surface area contributed by atoms with Gasteiger partial charge in [0.25, 0.3) is 5.91 Å². The van der Waals surface area contributed by atoms with Crippen LogP contribution >= 0.6 is 0 Å². The highest BCUT2D eigenvalue weighted by Crippen LogP contribution is 2.25. The Bertz CT molecular complexity index is 527. The van der Waals surface area contributed by atoms with Gasteiger partial charge in [-0.25, -0.2) is 0 Å². The summed E-state index contributed by atoms with van der Waals surface area (Å²) in [5.41, 5.74) is 0.521. The topological polar surface area (TPSA) is 65.1 Å². The number of hydrogen-bond donors (Lipinski definition) is 0. The molecule has 0 aromatic heterocycles. The van der Waals surface area contributed by atoms with E-state index in [1.165, 1.54) is 7.11 Å². The zero-order valence-corrected chi connectivity index (χ0v) is 13.1. The van der Waals surface area contributed by atoms with Crippen molar-refractivity contribution in [2.45, 2.75) is 12.8 Å². The number of rotatable bonds is 4. The van der Waals surface area contributed by atoms with E-state index in [0.29, 0.717) is 43.0 Å². The number of amides is 1. The van der Waals surface area contributed by atoms with Gasteiger partial charge in [-0.3, -0.25) is 9.59 Å². The summed E-state index contributed by atoms with van der Waals surface area (Å²) in [4.78, 5) is 25.8. The number of carbonyl (C=O) groups excluding carboxylic acids is 2. The summed E-state index contributed by atoms with van der Waals surface area (Å²) in [7, 11) is 4.48. The molecule has 0 N–H and O–H groups in total. The normalized spacial score (nSPS) is 15.3. The molecule has 1 aromatic carbocycles. The van der Waals surface area contributed by atoms with E-state index < -0.39 is 0 Å². The van der Waals surface area contributed by atoms with Crippen LogP contribution in [0.3, 0.4) is 0 Å². The summed E-state index contributed by atoms with van der Waals surface area (Å²) >= 11 is 0. The SMILES string of the molecule is COC(=O)C1CCN(C(=O)c2cc(OC)cc(OC)c2)CC1. The number of nitrogens with zero attached hydrogens (tertiary/aromatic N) is 1. The molecule has 0 aliphatic carbocycles. The van der Waals surface area contributed by atoms with Crippen molar-refractivity contribution in [3.05, 3.63) is 23.8 Å². The van der Waals surface area contributed by atoms with Crippen LogP contribution in [-0.2, 0) is 9.53 Å². The lowest BCUT2D eigenvalue weighted by Gasteiger charge is -2.30. The number of hydrogen-bond acceptors (Lipinski definition) is 5. The fourth-order valence-corrected chi connectivity index (χ4v) is 2.60. The van der Waals surface area contributed by atoms with Crippen LogP contribution in [0, 0.1) is 5.92 Å². The molecule has 2 rings (SSSR count). The van der Waals surface area contributed by atoms with Gasteiger partial charge < -0.3 is 19.1 Å². The Morgan fingerprint density at radius 2 is 1.55 bits per heavy atom. The summed E-state index contributed by atoms with van der Waals surface area (Å²) in [6.07, 6.45) is 1.25. The van der Waals surface area contributed by atoms with Gasteiger partial charge in [0.1, 0.15) is 11.5 Å². The first-order valence-corrected chi connectivity index (χ1v) is 7.19. The van der Waals surface area contributed by atoms with Crippen LogP contribution in [0.4, 0.5) is 0 Å². The van der Waals surface area contributed by atoms with E-state index in [4.69, 9.17) is 14.2 Å². The van der Waals surface area contributed by atoms with Crippen molar-refractivity contribution >= 4 is 11.9 Å². The first kappa shape index (κ1) is 16.1. The van der Waals surface area contributed by atoms with Crippen LogP contribution in [0.2, 0.25) is 0 Å². The Morgan fingerprint density at radius 1 is 1.00 bits per heavy atom. The Hall–Kier alpha value is -2.24. The second-order valence-corrected chi connectivity index (χ2v) is 5.19. The van der Waals surface area contributed by atoms with Crippen LogP contribution < -0.4 is 9.47 Å². The largest absolute Gasteiger partial charge is 0.497 e. The second-order valence-electron chi connectivity index (χ2n) is 5.19. The minimum Gasteiger partial charge on any atom is -0.497 e. The first-order valence-electron chi connectivity index (χ1n) is 7.19. The van der Waals surface area contributed by atoms with Crippen LogP contribution in [0.5, 0.6) is 11.5 Å². The molecule has 0 atom stereocenters. The van der Waals surface area contributed by atoms with Crippen molar-refractivity contribution in [2.75, 3.05) is 34.4 Å². The maximum Gasteiger partial charge on any atom is 0.308 e. The molecule has 0 spiro atoms. The summed E-state index contributed by atoms with van der Waals surface area (Å²) in [6.45, 7) is 1.08. The Labute approximate surface area is 129 Å². The molecule has 120 valence electrons. The number of likely N-dealkylation sites (tertiary alicyclic amines) is 1. The lowest BCUT2D eigenvalue weighted by molar-refractivity contribution is -0.146. The predicted octanol–water partition coefficient (Wildman–Crippen LogP) is 1.73. The molecular formula is C16H21NO5. The Balaban J connectivity index is 2.08. The molecule has 22 heavy (non-hydrogen) atoms. The van der Waals surface area contributed by atoms with Gasteiger partial charge in [0, 0.05) is 24.7 Å². The summed E-state index contributed by atoms with van der Waals surface area (Å²) in [5, 5.41) is 0. The highest BCUT2D eigenvalue weighted by Gasteiger charge is 2.28. The van der Waals surface area contributed by atoms with E-state index in [1.54, 1.807) is 37.3 Å². The number of carbonyl (C=O) groups is 2. The van der Waals surface area contributed by atoms with Crippen molar-refractivity contribution in [1.82, 2.24) is 4.90 Å². The predicted molar refractivity (Wildman–Crippen MR) is 80.2 cm³/mol. The van der Waals surface area contributed by atoms with Gasteiger partial charge in [-0.1, -0.05) is 0 Å². The van der Waals surface area contributed by atoms with Gasteiger partial charge in [0.2, 0.25) is 0 Å². The standard InChI is InChI=1S/C16H21NO5/c1-20-13-8-12(9-14(10-13)21-2)15(18)17-6-4-11(5-7-17)16(19)22-3/h8-11H,4-7H2,1-3H3. The quantitative estimate of drug-likeness (QED) is 0.793. The molecule has 1 saturated heterocycles. The third-order valence-electron chi connectivity index (χ3n) is 3.92. The maximum atomic E-state index is 12.6. The first-order chi connectivity index (χ1) is 10.6. The third-order valence-corrected chi connectivity index (χ3v) is 3.92. The molecule has 1 aliphatic heterocycles. The molecule has 0 bridgehead atoms. The van der Waals surface area contributed by atoms with Crippen molar-refractivity contribution in [3.8, 4) is 11.5 Å². The lowest BCUT2D eigenvalue weighted by atomic mass is 9.96. The summed E-state index contributed by atoms with van der Waals surface area (Å²) in [6, 6.07) is 5.11. The van der Waals surface area contributed by atoms with Crippen molar-refractivity contribution in [1.29, 1.82) is 0 Å². The molecular weight excluding hydrogens is 286 g/mol. The second kappa shape index (κ2) is 7.15. The molecule has 0 unspecified atom stereocenters. The molecule has 0 saturated carbocycles. The van der Waals surface area contributed by atoms with E-state index in [2.05, 4.69) is 0 Å². The van der Waals surface area contributed by atoms with Gasteiger partial charge in [-0.2, -0.15) is 0 Å². The molecule has 1 amide bonds. The number of ether oxygens (including phenoxy) is 3. The molecule has 1 fully saturated rings. The Morgan fingerprint density at radius 3 is 2.00 bits per heavy atom. The molecule has 1 aromatic rings. The highest BCUT2D eigenvalue weighted by atomic mass is 16.5. The van der Waals surface area contributed by atoms with E-state index in [-0.39, 0.29) is 17.8 Å². The van der Waals surface area contributed by atoms with E-state index in [0.717, 1.165) is 0 Å². The third kappa shape index (κ3) is 3.50. The van der Waals surface area contributed by atoms with Crippen molar-refractivity contribution in [3.63, 3.8) is 0 Å². The smallest absolute Gasteiger partial charge is 0.308 e. The number of methoxy groups -OCH3 is 3. The van der Waals surface area contributed by atoms with Crippen molar-refractivity contribution < 1.29 is 23.8 Å². The van der Waals surface area contributed by atoms with E-state index >= 15 is 0 Å². The van der Waals surface area contributed by atoms with Crippen LogP contribution in [0.15, 0.2) is 18.2 Å². The number of benzene rings is 1. The fourth-order valence-electron chi connectivity index (χ4n) is 2.60. The van der Waals surface area contributed by atoms with Gasteiger partial charge in [0.15, 0.2) is 0 Å². The lowest BCUT2D eigenvalue weighted by Crippen LogP contribution is -2.40. The van der Waals surface area contributed by atoms with Crippen LogP contribution in [0.25, 0.3) is 0 Å².